The lowest BCUT2D eigenvalue weighted by Gasteiger charge is -2.34. The molecule has 1 aliphatic rings. The molecule has 2 heterocycles. The van der Waals surface area contributed by atoms with Crippen molar-refractivity contribution in [3.63, 3.8) is 0 Å². The molecule has 7 heteroatoms. The molecule has 0 radical (unpaired) electrons. The topological polar surface area (TPSA) is 48.5 Å². The first-order valence-electron chi connectivity index (χ1n) is 9.74. The number of piperazine rings is 1. The van der Waals surface area contributed by atoms with Crippen LogP contribution in [0.15, 0.2) is 53.9 Å². The van der Waals surface area contributed by atoms with Gasteiger partial charge in [0, 0.05) is 42.8 Å². The Morgan fingerprint density at radius 1 is 1.10 bits per heavy atom. The van der Waals surface area contributed by atoms with E-state index in [9.17, 15) is 9.18 Å². The number of carbonyl (C=O) groups is 1. The number of halogens is 1. The lowest BCUT2D eigenvalue weighted by atomic mass is 10.1. The average molecular weight is 411 g/mol. The number of benzene rings is 2. The van der Waals surface area contributed by atoms with Crippen LogP contribution in [0.1, 0.15) is 12.5 Å². The summed E-state index contributed by atoms with van der Waals surface area (Å²) in [5.74, 6) is -0.250. The van der Waals surface area contributed by atoms with E-state index in [0.717, 1.165) is 47.2 Å². The smallest absolute Gasteiger partial charge is 0.321 e. The number of urea groups is 1. The minimum Gasteiger partial charge on any atom is -0.345 e. The third-order valence-corrected chi connectivity index (χ3v) is 6.01. The molecule has 5 nitrogen and oxygen atoms in total. The van der Waals surface area contributed by atoms with Gasteiger partial charge in [-0.25, -0.2) is 14.2 Å². The lowest BCUT2D eigenvalue weighted by molar-refractivity contribution is 0.208. The van der Waals surface area contributed by atoms with Crippen LogP contribution in [-0.4, -0.2) is 42.1 Å². The summed E-state index contributed by atoms with van der Waals surface area (Å²) in [5, 5.41) is 5.96. The third-order valence-electron chi connectivity index (χ3n) is 5.11. The van der Waals surface area contributed by atoms with E-state index in [-0.39, 0.29) is 11.8 Å². The molecule has 3 aromatic rings. The molecule has 150 valence electrons. The van der Waals surface area contributed by atoms with Crippen LogP contribution in [0.4, 0.5) is 20.0 Å². The van der Waals surface area contributed by atoms with E-state index in [1.54, 1.807) is 23.5 Å². The van der Waals surface area contributed by atoms with Crippen LogP contribution in [0.5, 0.6) is 0 Å². The molecule has 1 saturated heterocycles. The number of aryl methyl sites for hydroxylation is 1. The van der Waals surface area contributed by atoms with Gasteiger partial charge in [0.15, 0.2) is 5.13 Å². The fourth-order valence-corrected chi connectivity index (χ4v) is 4.30. The minimum atomic E-state index is -0.250. The van der Waals surface area contributed by atoms with Crippen molar-refractivity contribution in [2.45, 2.75) is 13.3 Å². The van der Waals surface area contributed by atoms with Crippen molar-refractivity contribution in [3.05, 3.63) is 65.3 Å². The van der Waals surface area contributed by atoms with Crippen LogP contribution >= 0.6 is 11.3 Å². The SMILES string of the molecule is CCc1ccccc1NC(=O)N1CCN(c2nc(-c3ccc(F)cc3)cs2)CC1. The Balaban J connectivity index is 1.36. The van der Waals surface area contributed by atoms with Gasteiger partial charge in [-0.05, 0) is 42.3 Å². The number of hydrogen-bond donors (Lipinski definition) is 1. The van der Waals surface area contributed by atoms with E-state index in [2.05, 4.69) is 17.1 Å². The summed E-state index contributed by atoms with van der Waals surface area (Å²) in [7, 11) is 0. The Morgan fingerprint density at radius 2 is 1.83 bits per heavy atom. The number of anilines is 2. The quantitative estimate of drug-likeness (QED) is 0.668. The molecular formula is C22H23FN4OS. The van der Waals surface area contributed by atoms with Gasteiger partial charge >= 0.3 is 6.03 Å². The number of nitrogens with zero attached hydrogens (tertiary/aromatic N) is 3. The second-order valence-corrected chi connectivity index (χ2v) is 7.77. The molecule has 0 saturated carbocycles. The number of nitrogens with one attached hydrogen (secondary N) is 1. The van der Waals surface area contributed by atoms with Gasteiger partial charge in [0.05, 0.1) is 5.69 Å². The number of para-hydroxylation sites is 1. The van der Waals surface area contributed by atoms with Gasteiger partial charge in [-0.15, -0.1) is 11.3 Å². The zero-order valence-corrected chi connectivity index (χ0v) is 17.1. The van der Waals surface area contributed by atoms with Crippen molar-refractivity contribution in [3.8, 4) is 11.3 Å². The van der Waals surface area contributed by atoms with Crippen LogP contribution in [-0.2, 0) is 6.42 Å². The van der Waals surface area contributed by atoms with Gasteiger partial charge in [-0.1, -0.05) is 25.1 Å². The number of amides is 2. The monoisotopic (exact) mass is 410 g/mol. The Labute approximate surface area is 173 Å². The Hall–Kier alpha value is -2.93. The fraction of sp³-hybridized carbons (Fsp3) is 0.273. The molecule has 1 N–H and O–H groups in total. The van der Waals surface area contributed by atoms with Crippen molar-refractivity contribution < 1.29 is 9.18 Å². The highest BCUT2D eigenvalue weighted by Crippen LogP contribution is 2.28. The molecule has 0 spiro atoms. The molecule has 1 aromatic heterocycles. The molecule has 0 bridgehead atoms. The molecule has 2 aromatic carbocycles. The molecule has 0 unspecified atom stereocenters. The van der Waals surface area contributed by atoms with Crippen molar-refractivity contribution in [1.29, 1.82) is 0 Å². The zero-order valence-electron chi connectivity index (χ0n) is 16.3. The fourth-order valence-electron chi connectivity index (χ4n) is 3.41. The Bertz CT molecular complexity index is 980. The number of aromatic nitrogens is 1. The normalized spacial score (nSPS) is 14.1. The third kappa shape index (κ3) is 4.40. The van der Waals surface area contributed by atoms with Gasteiger partial charge in [-0.3, -0.25) is 0 Å². The summed E-state index contributed by atoms with van der Waals surface area (Å²) < 4.78 is 13.1. The highest BCUT2D eigenvalue weighted by molar-refractivity contribution is 7.14. The molecule has 29 heavy (non-hydrogen) atoms. The maximum absolute atomic E-state index is 13.1. The summed E-state index contributed by atoms with van der Waals surface area (Å²) in [6.45, 7) is 4.84. The van der Waals surface area contributed by atoms with Gasteiger partial charge in [-0.2, -0.15) is 0 Å². The first-order chi connectivity index (χ1) is 14.1. The summed E-state index contributed by atoms with van der Waals surface area (Å²) >= 11 is 1.57. The molecule has 4 rings (SSSR count). The van der Waals surface area contributed by atoms with Crippen LogP contribution in [0.2, 0.25) is 0 Å². The average Bonchev–Trinajstić information content (AvgIpc) is 3.25. The standard InChI is InChI=1S/C22H23FN4OS/c1-2-16-5-3-4-6-19(16)24-21(28)26-11-13-27(14-12-26)22-25-20(15-29-22)17-7-9-18(23)10-8-17/h3-10,15H,2,11-14H2,1H3,(H,24,28). The lowest BCUT2D eigenvalue weighted by Crippen LogP contribution is -2.50. The Kier molecular flexibility index (Phi) is 5.76. The van der Waals surface area contributed by atoms with Crippen LogP contribution in [0.3, 0.4) is 0 Å². The summed E-state index contributed by atoms with van der Waals surface area (Å²) in [6, 6.07) is 14.2. The predicted octanol–water partition coefficient (Wildman–Crippen LogP) is 4.87. The van der Waals surface area contributed by atoms with Gasteiger partial charge in [0.2, 0.25) is 0 Å². The first kappa shape index (κ1) is 19.4. The maximum atomic E-state index is 13.1. The van der Waals surface area contributed by atoms with Crippen molar-refractivity contribution in [2.75, 3.05) is 36.4 Å². The minimum absolute atomic E-state index is 0.0586. The van der Waals surface area contributed by atoms with Gasteiger partial charge in [0.1, 0.15) is 5.82 Å². The number of thiazole rings is 1. The second-order valence-electron chi connectivity index (χ2n) is 6.94. The molecule has 0 aliphatic carbocycles. The van der Waals surface area contributed by atoms with E-state index >= 15 is 0 Å². The first-order valence-corrected chi connectivity index (χ1v) is 10.6. The van der Waals surface area contributed by atoms with Crippen LogP contribution < -0.4 is 10.2 Å². The highest BCUT2D eigenvalue weighted by Gasteiger charge is 2.23. The number of hydrogen-bond acceptors (Lipinski definition) is 4. The summed E-state index contributed by atoms with van der Waals surface area (Å²) in [4.78, 5) is 21.4. The second kappa shape index (κ2) is 8.61. The van der Waals surface area contributed by atoms with E-state index in [0.29, 0.717) is 13.1 Å². The maximum Gasteiger partial charge on any atom is 0.321 e. The molecule has 0 atom stereocenters. The van der Waals surface area contributed by atoms with Gasteiger partial charge < -0.3 is 15.1 Å². The molecule has 1 aliphatic heterocycles. The van der Waals surface area contributed by atoms with E-state index in [1.807, 2.05) is 34.5 Å². The molecule has 2 amide bonds. The van der Waals surface area contributed by atoms with Crippen LogP contribution in [0, 0.1) is 5.82 Å². The van der Waals surface area contributed by atoms with Crippen molar-refractivity contribution in [2.24, 2.45) is 0 Å². The van der Waals surface area contributed by atoms with Gasteiger partial charge in [0.25, 0.3) is 0 Å². The van der Waals surface area contributed by atoms with Crippen molar-refractivity contribution >= 4 is 28.2 Å². The van der Waals surface area contributed by atoms with Crippen molar-refractivity contribution in [1.82, 2.24) is 9.88 Å². The molecular weight excluding hydrogens is 387 g/mol. The summed E-state index contributed by atoms with van der Waals surface area (Å²) in [5.41, 5.74) is 3.77. The Morgan fingerprint density at radius 3 is 2.55 bits per heavy atom. The van der Waals surface area contributed by atoms with E-state index in [4.69, 9.17) is 4.98 Å². The zero-order chi connectivity index (χ0) is 20.2. The largest absolute Gasteiger partial charge is 0.345 e. The van der Waals surface area contributed by atoms with Crippen LogP contribution in [0.25, 0.3) is 11.3 Å². The highest BCUT2D eigenvalue weighted by atomic mass is 32.1. The molecule has 1 fully saturated rings. The predicted molar refractivity (Wildman–Crippen MR) is 116 cm³/mol. The van der Waals surface area contributed by atoms with E-state index in [1.165, 1.54) is 12.1 Å². The number of carbonyl (C=O) groups excluding carboxylic acids is 1. The number of rotatable bonds is 4. The summed E-state index contributed by atoms with van der Waals surface area (Å²) in [6.07, 6.45) is 0.880. The van der Waals surface area contributed by atoms with E-state index < -0.39 is 0 Å².